The van der Waals surface area contributed by atoms with Crippen LogP contribution < -0.4 is 4.40 Å². The Morgan fingerprint density at radius 2 is 1.68 bits per heavy atom. The number of fused-ring (bicyclic) bond motifs is 3. The zero-order valence-corrected chi connectivity index (χ0v) is 30.5. The number of nitrogens with zero attached hydrogens (tertiary/aromatic N) is 2. The van der Waals surface area contributed by atoms with Crippen molar-refractivity contribution in [3.63, 3.8) is 0 Å². The Labute approximate surface area is 284 Å². The van der Waals surface area contributed by atoms with Gasteiger partial charge in [0.15, 0.2) is 0 Å². The van der Waals surface area contributed by atoms with Crippen LogP contribution in [0.15, 0.2) is 83.5 Å². The maximum absolute atomic E-state index is 13.5. The first-order valence-corrected chi connectivity index (χ1v) is 21.6. The fourth-order valence-corrected chi connectivity index (χ4v) is 8.30. The normalized spacial score (nSPS) is 14.0. The SMILES string of the molecule is [2H]C(C)(C)c1ccnc(-c2[c-]ccc3c2oc2cc(F)ccc23)c1.[2H]C([2H])([2H])c1c[c-]c(-c2cc(C([2H])(C)C)[c]([Ge]([CH3])([CH3])[CH3])cn2)cc1.[Ir]. The second-order valence-electron chi connectivity index (χ2n) is 12.1. The number of benzene rings is 3. The number of halogens is 1. The molecule has 0 amide bonds. The minimum absolute atomic E-state index is 0. The summed E-state index contributed by atoms with van der Waals surface area (Å²) in [4.78, 5) is 8.99. The first-order valence-electron chi connectivity index (χ1n) is 16.8. The Kier molecular flexibility index (Phi) is 8.59. The third-order valence-corrected chi connectivity index (χ3v) is 11.6. The number of hydrogen-bond donors (Lipinski definition) is 0. The van der Waals surface area contributed by atoms with Crippen LogP contribution in [0, 0.1) is 24.8 Å². The Hall–Kier alpha value is -3.12. The molecule has 1 radical (unpaired) electrons. The molecule has 44 heavy (non-hydrogen) atoms. The predicted octanol–water partition coefficient (Wildman–Crippen LogP) is 10.2. The minimum Gasteiger partial charge on any atom is 0 e. The van der Waals surface area contributed by atoms with Crippen LogP contribution in [0.2, 0.25) is 17.3 Å². The molecule has 0 fully saturated rings. The summed E-state index contributed by atoms with van der Waals surface area (Å²) in [6.45, 7) is 5.33. The number of furan rings is 1. The molecule has 0 saturated heterocycles. The molecule has 3 nitrogen and oxygen atoms in total. The summed E-state index contributed by atoms with van der Waals surface area (Å²) in [6.07, 6.45) is 3.60. The van der Waals surface area contributed by atoms with Gasteiger partial charge in [-0.1, -0.05) is 36.4 Å². The van der Waals surface area contributed by atoms with E-state index in [1.54, 1.807) is 24.4 Å². The van der Waals surface area contributed by atoms with Gasteiger partial charge in [-0.05, 0) is 29.8 Å². The average molecular weight is 829 g/mol. The fraction of sp³-hybridized carbons (Fsp3) is 0.263. The Morgan fingerprint density at radius 3 is 2.34 bits per heavy atom. The predicted molar refractivity (Wildman–Crippen MR) is 180 cm³/mol. The zero-order valence-electron chi connectivity index (χ0n) is 31.0. The van der Waals surface area contributed by atoms with Crippen LogP contribution >= 0.6 is 0 Å². The van der Waals surface area contributed by atoms with E-state index in [1.165, 1.54) is 22.6 Å². The third-order valence-electron chi connectivity index (χ3n) is 7.33. The van der Waals surface area contributed by atoms with Crippen molar-refractivity contribution in [2.75, 3.05) is 0 Å². The summed E-state index contributed by atoms with van der Waals surface area (Å²) in [5.74, 6) is 5.13. The molecular formula is C38H39FGeIrN2O-2. The van der Waals surface area contributed by atoms with E-state index in [0.717, 1.165) is 38.7 Å². The number of rotatable bonds is 5. The molecule has 0 atom stereocenters. The molecule has 0 N–H and O–H groups in total. The summed E-state index contributed by atoms with van der Waals surface area (Å²) in [5.41, 5.74) is 6.17. The molecule has 6 heteroatoms. The molecule has 0 unspecified atom stereocenters. The quantitative estimate of drug-likeness (QED) is 0.128. The van der Waals surface area contributed by atoms with Crippen molar-refractivity contribution in [2.24, 2.45) is 0 Å². The Bertz CT molecular complexity index is 2090. The molecule has 0 aliphatic rings. The maximum Gasteiger partial charge on any atom is 0 e. The molecule has 0 spiro atoms. The molecule has 229 valence electrons. The monoisotopic (exact) mass is 830 g/mol. The number of pyridine rings is 2. The maximum atomic E-state index is 13.5. The number of hydrogen-bond acceptors (Lipinski definition) is 3. The van der Waals surface area contributed by atoms with Crippen molar-refractivity contribution in [1.82, 2.24) is 9.97 Å². The molecule has 6 rings (SSSR count). The van der Waals surface area contributed by atoms with E-state index in [-0.39, 0.29) is 31.5 Å². The molecule has 3 heterocycles. The molecule has 0 saturated carbocycles. The van der Waals surface area contributed by atoms with Crippen molar-refractivity contribution in [3.05, 3.63) is 114 Å². The van der Waals surface area contributed by atoms with Gasteiger partial charge < -0.3 is 9.40 Å². The molecule has 0 aliphatic carbocycles. The van der Waals surface area contributed by atoms with Gasteiger partial charge in [0.25, 0.3) is 0 Å². The van der Waals surface area contributed by atoms with E-state index in [9.17, 15) is 4.39 Å². The van der Waals surface area contributed by atoms with Crippen molar-refractivity contribution in [1.29, 1.82) is 0 Å². The summed E-state index contributed by atoms with van der Waals surface area (Å²) in [6, 6.07) is 25.0. The van der Waals surface area contributed by atoms with Gasteiger partial charge >= 0.3 is 131 Å². The standard InChI is InChI=1S/C20H15FNO.C18H24GeN.Ir/c1-12(2)13-8-9-22-18(10-13)17-5-3-4-16-15-7-6-14(21)11-19(15)23-20(16)17;1-13(2)16-11-18(15-9-7-14(3)8-10-15)20-12-17(16)19(4,5)6;/h3-4,6-12H,1-2H3;7-9,11-13H,1-6H3;/q2*-1;/i12D;3D3,13D;. The van der Waals surface area contributed by atoms with Gasteiger partial charge in [-0.25, -0.2) is 4.39 Å². The summed E-state index contributed by atoms with van der Waals surface area (Å²) >= 11 is -2.14. The Morgan fingerprint density at radius 1 is 0.886 bits per heavy atom. The first-order chi connectivity index (χ1) is 22.2. The van der Waals surface area contributed by atoms with E-state index >= 15 is 0 Å². The van der Waals surface area contributed by atoms with Crippen molar-refractivity contribution < 1.29 is 35.8 Å². The fourth-order valence-electron chi connectivity index (χ4n) is 4.98. The van der Waals surface area contributed by atoms with Crippen LogP contribution in [0.4, 0.5) is 4.39 Å². The van der Waals surface area contributed by atoms with Gasteiger partial charge in [0.05, 0.1) is 5.58 Å². The summed E-state index contributed by atoms with van der Waals surface area (Å²) < 4.78 is 59.6. The van der Waals surface area contributed by atoms with Crippen LogP contribution in [0.5, 0.6) is 0 Å². The van der Waals surface area contributed by atoms with E-state index in [4.69, 9.17) is 11.3 Å². The molecule has 3 aromatic heterocycles. The molecule has 0 bridgehead atoms. The van der Waals surface area contributed by atoms with E-state index < -0.39 is 31.9 Å². The summed E-state index contributed by atoms with van der Waals surface area (Å²) in [5, 5.41) is 1.76. The van der Waals surface area contributed by atoms with Crippen LogP contribution in [0.1, 0.15) is 63.0 Å². The average Bonchev–Trinajstić information content (AvgIpc) is 3.37. The van der Waals surface area contributed by atoms with Gasteiger partial charge in [0, 0.05) is 39.1 Å². The van der Waals surface area contributed by atoms with Gasteiger partial charge in [-0.3, -0.25) is 0 Å². The first kappa shape index (κ1) is 27.2. The third kappa shape index (κ3) is 7.39. The number of aryl methyl sites for hydroxylation is 1. The second-order valence-corrected chi connectivity index (χ2v) is 22.7. The minimum atomic E-state index is -2.14. The molecule has 3 aromatic carbocycles. The van der Waals surface area contributed by atoms with Crippen LogP contribution in [0.3, 0.4) is 0 Å². The van der Waals surface area contributed by atoms with Gasteiger partial charge in [-0.2, -0.15) is 0 Å². The van der Waals surface area contributed by atoms with E-state index in [2.05, 4.69) is 39.4 Å². The van der Waals surface area contributed by atoms with E-state index in [1.807, 2.05) is 64.2 Å². The van der Waals surface area contributed by atoms with E-state index in [0.29, 0.717) is 16.9 Å². The van der Waals surface area contributed by atoms with Crippen LogP contribution in [-0.2, 0) is 20.1 Å². The molecule has 0 aliphatic heterocycles. The van der Waals surface area contributed by atoms with Crippen LogP contribution in [0.25, 0.3) is 44.5 Å². The van der Waals surface area contributed by atoms with Gasteiger partial charge in [-0.15, -0.1) is 18.2 Å². The summed E-state index contributed by atoms with van der Waals surface area (Å²) in [7, 11) is 0. The zero-order chi connectivity index (χ0) is 35.2. The largest absolute Gasteiger partial charge is 0 e. The van der Waals surface area contributed by atoms with Crippen LogP contribution in [-0.4, -0.2) is 23.2 Å². The van der Waals surface area contributed by atoms with Gasteiger partial charge in [0.1, 0.15) is 11.4 Å². The van der Waals surface area contributed by atoms with Crippen molar-refractivity contribution >= 4 is 39.6 Å². The number of aromatic nitrogens is 2. The second kappa shape index (κ2) is 13.9. The topological polar surface area (TPSA) is 38.9 Å². The Balaban J connectivity index is 0.000000216. The molecular weight excluding hydrogens is 784 g/mol. The van der Waals surface area contributed by atoms with Crippen molar-refractivity contribution in [3.8, 4) is 22.5 Å². The van der Waals surface area contributed by atoms with Crippen molar-refractivity contribution in [2.45, 2.75) is 63.6 Å². The molecule has 6 aromatic rings. The van der Waals surface area contributed by atoms with Gasteiger partial charge in [0.2, 0.25) is 0 Å². The smallest absolute Gasteiger partial charge is 0 e.